The van der Waals surface area contributed by atoms with E-state index in [1.54, 1.807) is 73.8 Å². The Morgan fingerprint density at radius 2 is 1.53 bits per heavy atom. The number of benzene rings is 3. The van der Waals surface area contributed by atoms with E-state index in [0.29, 0.717) is 28.3 Å². The van der Waals surface area contributed by atoms with E-state index < -0.39 is 41.2 Å². The lowest BCUT2D eigenvalue weighted by Crippen LogP contribution is -2.53. The van der Waals surface area contributed by atoms with Gasteiger partial charge in [0.1, 0.15) is 11.5 Å². The molecule has 0 bridgehead atoms. The molecular weight excluding hydrogens is 460 g/mol. The molecule has 0 saturated carbocycles. The summed E-state index contributed by atoms with van der Waals surface area (Å²) in [5.74, 6) is -2.39. The third kappa shape index (κ3) is 3.37. The van der Waals surface area contributed by atoms with Gasteiger partial charge in [-0.3, -0.25) is 14.9 Å². The topological polar surface area (TPSA) is 94.2 Å². The summed E-state index contributed by atoms with van der Waals surface area (Å²) in [6.45, 7) is 0. The molecule has 0 aromatic heterocycles. The van der Waals surface area contributed by atoms with Gasteiger partial charge in [0.25, 0.3) is 0 Å². The van der Waals surface area contributed by atoms with Crippen molar-refractivity contribution in [1.29, 1.82) is 0 Å². The largest absolute Gasteiger partial charge is 0.497 e. The monoisotopic (exact) mass is 486 g/mol. The molecule has 36 heavy (non-hydrogen) atoms. The second kappa shape index (κ2) is 9.13. The van der Waals surface area contributed by atoms with Crippen LogP contribution < -0.4 is 19.7 Å². The third-order valence-corrected chi connectivity index (χ3v) is 7.09. The first-order chi connectivity index (χ1) is 17.5. The molecule has 184 valence electrons. The quantitative estimate of drug-likeness (QED) is 0.422. The van der Waals surface area contributed by atoms with Crippen LogP contribution in [0.5, 0.6) is 11.5 Å². The fraction of sp³-hybridized carbons (Fsp3) is 0.250. The Morgan fingerprint density at radius 3 is 2.14 bits per heavy atom. The Balaban J connectivity index is 1.75. The summed E-state index contributed by atoms with van der Waals surface area (Å²) in [6, 6.07) is 22.2. The average molecular weight is 487 g/mol. The molecular formula is C28H26N2O6. The normalized spacial score (nSPS) is 25.0. The van der Waals surface area contributed by atoms with E-state index in [2.05, 4.69) is 5.32 Å². The van der Waals surface area contributed by atoms with Crippen LogP contribution in [0.1, 0.15) is 17.2 Å². The summed E-state index contributed by atoms with van der Waals surface area (Å²) in [5.41, 5.74) is 0.0326. The predicted octanol–water partition coefficient (Wildman–Crippen LogP) is 3.22. The third-order valence-electron chi connectivity index (χ3n) is 7.09. The number of rotatable bonds is 6. The van der Waals surface area contributed by atoms with Crippen LogP contribution in [0.2, 0.25) is 0 Å². The van der Waals surface area contributed by atoms with Gasteiger partial charge < -0.3 is 14.2 Å². The number of hydrogen-bond acceptors (Lipinski definition) is 7. The van der Waals surface area contributed by atoms with Gasteiger partial charge in [0.15, 0.2) is 5.54 Å². The highest BCUT2D eigenvalue weighted by atomic mass is 16.5. The van der Waals surface area contributed by atoms with Gasteiger partial charge in [-0.05, 0) is 23.8 Å². The van der Waals surface area contributed by atoms with E-state index in [4.69, 9.17) is 14.2 Å². The smallest absolute Gasteiger partial charge is 0.331 e. The van der Waals surface area contributed by atoms with Crippen LogP contribution in [0.25, 0.3) is 0 Å². The number of anilines is 1. The maximum atomic E-state index is 14.0. The van der Waals surface area contributed by atoms with Crippen LogP contribution in [0, 0.1) is 11.8 Å². The number of carbonyl (C=O) groups excluding carboxylic acids is 3. The minimum Gasteiger partial charge on any atom is -0.497 e. The second-order valence-corrected chi connectivity index (χ2v) is 8.75. The average Bonchev–Trinajstić information content (AvgIpc) is 3.42. The highest BCUT2D eigenvalue weighted by Gasteiger charge is 2.70. The van der Waals surface area contributed by atoms with Crippen LogP contribution in [0.4, 0.5) is 5.69 Å². The molecule has 0 spiro atoms. The maximum absolute atomic E-state index is 14.0. The van der Waals surface area contributed by atoms with Crippen molar-refractivity contribution in [3.63, 3.8) is 0 Å². The van der Waals surface area contributed by atoms with Crippen molar-refractivity contribution in [1.82, 2.24) is 5.32 Å². The number of ether oxygens (including phenoxy) is 3. The Morgan fingerprint density at radius 1 is 0.861 bits per heavy atom. The highest BCUT2D eigenvalue weighted by molar-refractivity contribution is 6.24. The number of nitrogens with one attached hydrogen (secondary N) is 1. The van der Waals surface area contributed by atoms with Crippen LogP contribution in [-0.4, -0.2) is 39.1 Å². The molecule has 2 fully saturated rings. The van der Waals surface area contributed by atoms with Crippen molar-refractivity contribution in [3.8, 4) is 11.5 Å². The number of hydrogen-bond donors (Lipinski definition) is 1. The van der Waals surface area contributed by atoms with Crippen molar-refractivity contribution < 1.29 is 28.6 Å². The van der Waals surface area contributed by atoms with Gasteiger partial charge in [-0.2, -0.15) is 0 Å². The molecule has 2 amide bonds. The number of fused-ring (bicyclic) bond motifs is 1. The molecule has 2 heterocycles. The number of amides is 2. The van der Waals surface area contributed by atoms with Gasteiger partial charge in [-0.25, -0.2) is 9.69 Å². The summed E-state index contributed by atoms with van der Waals surface area (Å²) in [7, 11) is 4.35. The van der Waals surface area contributed by atoms with E-state index >= 15 is 0 Å². The summed E-state index contributed by atoms with van der Waals surface area (Å²) in [4.78, 5) is 42.8. The molecule has 0 radical (unpaired) electrons. The second-order valence-electron chi connectivity index (χ2n) is 8.75. The van der Waals surface area contributed by atoms with E-state index in [1.165, 1.54) is 19.1 Å². The van der Waals surface area contributed by atoms with Crippen LogP contribution >= 0.6 is 0 Å². The van der Waals surface area contributed by atoms with Crippen LogP contribution in [0.15, 0.2) is 78.9 Å². The number of imide groups is 1. The number of para-hydroxylation sites is 1. The van der Waals surface area contributed by atoms with Gasteiger partial charge in [-0.1, -0.05) is 54.6 Å². The van der Waals surface area contributed by atoms with Gasteiger partial charge in [0.2, 0.25) is 11.8 Å². The molecule has 3 aromatic rings. The Kier molecular flexibility index (Phi) is 5.97. The zero-order chi connectivity index (χ0) is 25.4. The summed E-state index contributed by atoms with van der Waals surface area (Å²) < 4.78 is 16.2. The molecule has 2 aliphatic rings. The molecule has 0 aliphatic carbocycles. The van der Waals surface area contributed by atoms with Gasteiger partial charge >= 0.3 is 5.97 Å². The minimum absolute atomic E-state index is 0.395. The number of carbonyl (C=O) groups is 3. The fourth-order valence-electron chi connectivity index (χ4n) is 5.51. The molecule has 4 unspecified atom stereocenters. The Bertz CT molecular complexity index is 1310. The van der Waals surface area contributed by atoms with Crippen LogP contribution in [0.3, 0.4) is 0 Å². The summed E-state index contributed by atoms with van der Waals surface area (Å²) >= 11 is 0. The van der Waals surface area contributed by atoms with Crippen molar-refractivity contribution >= 4 is 23.5 Å². The molecule has 8 nitrogen and oxygen atoms in total. The first kappa shape index (κ1) is 23.6. The number of methoxy groups -OCH3 is 3. The first-order valence-electron chi connectivity index (χ1n) is 11.5. The van der Waals surface area contributed by atoms with Crippen molar-refractivity contribution in [3.05, 3.63) is 90.0 Å². The standard InChI is InChI=1S/C28H26N2O6/c1-34-19-14-15-20(21(16-19)35-2)24-22-23(26(32)30(25(22)31)18-12-8-5-9-13-18)28(29-24,27(33)36-3)17-10-6-4-7-11-17/h4-16,22-24,29H,1-3H3. The maximum Gasteiger partial charge on any atom is 0.331 e. The Labute approximate surface area is 208 Å². The van der Waals surface area contributed by atoms with E-state index in [9.17, 15) is 14.4 Å². The molecule has 2 aliphatic heterocycles. The zero-order valence-corrected chi connectivity index (χ0v) is 20.1. The SMILES string of the molecule is COC(=O)C1(c2ccccc2)NC(c2ccc(OC)cc2OC)C2C(=O)N(c3ccccc3)C(=O)C21. The summed E-state index contributed by atoms with van der Waals surface area (Å²) in [5, 5.41) is 3.37. The molecule has 4 atom stereocenters. The molecule has 5 rings (SSSR count). The molecule has 8 heteroatoms. The minimum atomic E-state index is -1.59. The lowest BCUT2D eigenvalue weighted by Gasteiger charge is -2.33. The van der Waals surface area contributed by atoms with E-state index in [1.807, 2.05) is 12.1 Å². The molecule has 1 N–H and O–H groups in total. The molecule has 2 saturated heterocycles. The van der Waals surface area contributed by atoms with Gasteiger partial charge in [0, 0.05) is 17.7 Å². The van der Waals surface area contributed by atoms with Gasteiger partial charge in [0.05, 0.1) is 38.9 Å². The first-order valence-corrected chi connectivity index (χ1v) is 11.5. The fourth-order valence-corrected chi connectivity index (χ4v) is 5.51. The van der Waals surface area contributed by atoms with E-state index in [-0.39, 0.29) is 0 Å². The number of esters is 1. The highest BCUT2D eigenvalue weighted by Crippen LogP contribution is 2.55. The van der Waals surface area contributed by atoms with E-state index in [0.717, 1.165) is 0 Å². The number of nitrogens with zero attached hydrogens (tertiary/aromatic N) is 1. The van der Waals surface area contributed by atoms with Crippen molar-refractivity contribution in [2.24, 2.45) is 11.8 Å². The van der Waals surface area contributed by atoms with Crippen molar-refractivity contribution in [2.75, 3.05) is 26.2 Å². The lowest BCUT2D eigenvalue weighted by molar-refractivity contribution is -0.152. The zero-order valence-electron chi connectivity index (χ0n) is 20.1. The van der Waals surface area contributed by atoms with Crippen molar-refractivity contribution in [2.45, 2.75) is 11.6 Å². The predicted molar refractivity (Wildman–Crippen MR) is 131 cm³/mol. The lowest BCUT2D eigenvalue weighted by atomic mass is 9.75. The summed E-state index contributed by atoms with van der Waals surface area (Å²) in [6.07, 6.45) is 0. The van der Waals surface area contributed by atoms with Crippen LogP contribution in [-0.2, 0) is 24.7 Å². The Hall–Kier alpha value is -4.17. The van der Waals surface area contributed by atoms with Gasteiger partial charge in [-0.15, -0.1) is 0 Å². The molecule has 3 aromatic carbocycles.